The first kappa shape index (κ1) is 21.7. The number of rotatable bonds is 2. The molecule has 0 amide bonds. The molecule has 0 aliphatic rings. The third kappa shape index (κ3) is 4.84. The van der Waals surface area contributed by atoms with Crippen LogP contribution in [0.1, 0.15) is 79.3 Å². The molecule has 0 radical (unpaired) electrons. The Kier molecular flexibility index (Phi) is 5.74. The van der Waals surface area contributed by atoms with Crippen LogP contribution in [-0.2, 0) is 27.0 Å². The van der Waals surface area contributed by atoms with Gasteiger partial charge in [-0.15, -0.1) is 0 Å². The second-order valence-corrected chi connectivity index (χ2v) is 11.7. The fraction of sp³-hybridized carbons (Fsp3) is 0.565. The quantitative estimate of drug-likeness (QED) is 0.657. The van der Waals surface area contributed by atoms with E-state index in [9.17, 15) is 4.21 Å². The summed E-state index contributed by atoms with van der Waals surface area (Å²) in [6.07, 6.45) is 1.69. The minimum Gasteiger partial charge on any atom is -0.255 e. The minimum absolute atomic E-state index is 0.0489. The van der Waals surface area contributed by atoms with E-state index in [1.807, 2.05) is 24.3 Å². The highest BCUT2D eigenvalue weighted by Gasteiger charge is 2.34. The highest BCUT2D eigenvalue weighted by Crippen LogP contribution is 2.40. The first-order valence-corrected chi connectivity index (χ1v) is 11.1. The molecule has 2 rings (SSSR count). The van der Waals surface area contributed by atoms with Gasteiger partial charge < -0.3 is 0 Å². The zero-order valence-electron chi connectivity index (χ0n) is 18.5. The second-order valence-electron chi connectivity index (χ2n) is 10.3. The lowest BCUT2D eigenvalue weighted by atomic mass is 9.73. The first-order chi connectivity index (χ1) is 12.1. The van der Waals surface area contributed by atoms with Crippen molar-refractivity contribution in [2.45, 2.75) is 83.5 Å². The van der Waals surface area contributed by atoms with Crippen molar-refractivity contribution in [3.05, 3.63) is 41.2 Å². The van der Waals surface area contributed by atoms with Crippen molar-refractivity contribution < 1.29 is 4.21 Å². The van der Waals surface area contributed by atoms with Gasteiger partial charge in [-0.1, -0.05) is 62.3 Å². The maximum atomic E-state index is 11.7. The van der Waals surface area contributed by atoms with E-state index in [1.165, 1.54) is 5.56 Å². The third-order valence-electron chi connectivity index (χ3n) is 4.52. The van der Waals surface area contributed by atoms with Gasteiger partial charge in [0.05, 0.1) is 11.4 Å². The molecule has 1 unspecified atom stereocenters. The van der Waals surface area contributed by atoms with Crippen molar-refractivity contribution in [1.29, 1.82) is 0 Å². The molecular weight excluding hydrogens is 352 g/mol. The molecule has 0 bridgehead atoms. The van der Waals surface area contributed by atoms with Crippen LogP contribution in [0.2, 0.25) is 0 Å². The van der Waals surface area contributed by atoms with Crippen molar-refractivity contribution in [3.63, 3.8) is 0 Å². The number of benzene rings is 1. The predicted octanol–water partition coefficient (Wildman–Crippen LogP) is 5.77. The Morgan fingerprint density at radius 3 is 1.41 bits per heavy atom. The molecule has 2 aromatic rings. The molecule has 3 nitrogen and oxygen atoms in total. The van der Waals surface area contributed by atoms with Crippen molar-refractivity contribution in [1.82, 2.24) is 9.97 Å². The number of hydrogen-bond donors (Lipinski definition) is 0. The molecule has 0 aliphatic carbocycles. The lowest BCUT2D eigenvalue weighted by Crippen LogP contribution is -2.31. The second kappa shape index (κ2) is 7.12. The van der Waals surface area contributed by atoms with Gasteiger partial charge in [-0.2, -0.15) is 0 Å². The van der Waals surface area contributed by atoms with Crippen LogP contribution < -0.4 is 0 Å². The van der Waals surface area contributed by atoms with E-state index in [2.05, 4.69) is 62.3 Å². The molecule has 0 saturated carbocycles. The third-order valence-corrected chi connectivity index (χ3v) is 5.46. The van der Waals surface area contributed by atoms with Crippen LogP contribution in [0.3, 0.4) is 0 Å². The molecular formula is C23H34N2OS. The molecule has 0 N–H and O–H groups in total. The fourth-order valence-corrected chi connectivity index (χ4v) is 3.70. The van der Waals surface area contributed by atoms with Gasteiger partial charge in [0.15, 0.2) is 5.82 Å². The summed E-state index contributed by atoms with van der Waals surface area (Å²) in [6, 6.07) is 7.75. The van der Waals surface area contributed by atoms with Crippen molar-refractivity contribution in [2.75, 3.05) is 6.26 Å². The Bertz CT molecular complexity index is 813. The van der Waals surface area contributed by atoms with Crippen molar-refractivity contribution in [2.24, 2.45) is 0 Å². The highest BCUT2D eigenvalue weighted by atomic mass is 32.2. The van der Waals surface area contributed by atoms with Gasteiger partial charge in [0.25, 0.3) is 0 Å². The molecule has 1 heterocycles. The van der Waals surface area contributed by atoms with Gasteiger partial charge in [-0.25, -0.2) is 9.97 Å². The van der Waals surface area contributed by atoms with E-state index in [-0.39, 0.29) is 16.2 Å². The standard InChI is InChI=1S/C23H34N2OS/c1-21(2,3)17-18(22(4,5)6)24-20(25-19(17)23(7,8)9)15-11-13-16(14-12-15)27(10)26/h11-14H,1-10H3. The minimum atomic E-state index is -0.987. The Morgan fingerprint density at radius 1 is 0.704 bits per heavy atom. The van der Waals surface area contributed by atoms with E-state index in [1.54, 1.807) is 6.26 Å². The van der Waals surface area contributed by atoms with Crippen LogP contribution in [-0.4, -0.2) is 20.4 Å². The van der Waals surface area contributed by atoms with E-state index in [4.69, 9.17) is 9.97 Å². The summed E-state index contributed by atoms with van der Waals surface area (Å²) in [5.41, 5.74) is 4.18. The molecule has 27 heavy (non-hydrogen) atoms. The summed E-state index contributed by atoms with van der Waals surface area (Å²) in [4.78, 5) is 10.9. The zero-order chi connectivity index (χ0) is 20.8. The average molecular weight is 387 g/mol. The van der Waals surface area contributed by atoms with Crippen LogP contribution in [0.5, 0.6) is 0 Å². The molecule has 0 spiro atoms. The molecule has 0 aliphatic heterocycles. The molecule has 0 saturated heterocycles. The number of nitrogens with zero attached hydrogens (tertiary/aromatic N) is 2. The summed E-state index contributed by atoms with van der Waals surface area (Å²) in [6.45, 7) is 20.0. The molecule has 4 heteroatoms. The molecule has 1 atom stereocenters. The number of aromatic nitrogens is 2. The average Bonchev–Trinajstić information content (AvgIpc) is 2.51. The lowest BCUT2D eigenvalue weighted by Gasteiger charge is -2.35. The largest absolute Gasteiger partial charge is 0.255 e. The monoisotopic (exact) mass is 386 g/mol. The Hall–Kier alpha value is -1.55. The maximum absolute atomic E-state index is 11.7. The van der Waals surface area contributed by atoms with Crippen molar-refractivity contribution >= 4 is 10.8 Å². The van der Waals surface area contributed by atoms with Crippen LogP contribution in [0.4, 0.5) is 0 Å². The molecule has 0 fully saturated rings. The SMILES string of the molecule is CS(=O)c1ccc(-c2nc(C(C)(C)C)c(C(C)(C)C)c(C(C)(C)C)n2)cc1. The van der Waals surface area contributed by atoms with Gasteiger partial charge in [0.2, 0.25) is 0 Å². The first-order valence-electron chi connectivity index (χ1n) is 9.49. The maximum Gasteiger partial charge on any atom is 0.159 e. The molecule has 1 aromatic carbocycles. The number of hydrogen-bond acceptors (Lipinski definition) is 3. The van der Waals surface area contributed by atoms with Gasteiger partial charge >= 0.3 is 0 Å². The van der Waals surface area contributed by atoms with Crippen molar-refractivity contribution in [3.8, 4) is 11.4 Å². The fourth-order valence-electron chi connectivity index (χ4n) is 3.18. The Morgan fingerprint density at radius 2 is 1.11 bits per heavy atom. The Balaban J connectivity index is 2.83. The van der Waals surface area contributed by atoms with Crippen LogP contribution in [0, 0.1) is 0 Å². The topological polar surface area (TPSA) is 42.9 Å². The lowest BCUT2D eigenvalue weighted by molar-refractivity contribution is 0.474. The predicted molar refractivity (Wildman–Crippen MR) is 116 cm³/mol. The van der Waals surface area contributed by atoms with Gasteiger partial charge in [0.1, 0.15) is 0 Å². The summed E-state index contributed by atoms with van der Waals surface area (Å²) < 4.78 is 11.7. The van der Waals surface area contributed by atoms with E-state index in [0.29, 0.717) is 0 Å². The smallest absolute Gasteiger partial charge is 0.159 e. The van der Waals surface area contributed by atoms with Gasteiger partial charge in [-0.3, -0.25) is 4.21 Å². The molecule has 1 aromatic heterocycles. The normalized spacial score (nSPS) is 14.3. The van der Waals surface area contributed by atoms with Crippen LogP contribution in [0.15, 0.2) is 29.2 Å². The van der Waals surface area contributed by atoms with Crippen LogP contribution in [0.25, 0.3) is 11.4 Å². The van der Waals surface area contributed by atoms with Crippen LogP contribution >= 0.6 is 0 Å². The summed E-state index contributed by atoms with van der Waals surface area (Å²) in [5.74, 6) is 0.742. The summed E-state index contributed by atoms with van der Waals surface area (Å²) in [5, 5.41) is 0. The van der Waals surface area contributed by atoms with Gasteiger partial charge in [-0.05, 0) is 29.7 Å². The van der Waals surface area contributed by atoms with E-state index in [0.717, 1.165) is 27.7 Å². The summed E-state index contributed by atoms with van der Waals surface area (Å²) >= 11 is 0. The van der Waals surface area contributed by atoms with Gasteiger partial charge in [0, 0.05) is 43.9 Å². The Labute approximate surface area is 167 Å². The molecule has 148 valence electrons. The van der Waals surface area contributed by atoms with E-state index < -0.39 is 10.8 Å². The highest BCUT2D eigenvalue weighted by molar-refractivity contribution is 7.84. The van der Waals surface area contributed by atoms with E-state index >= 15 is 0 Å². The summed E-state index contributed by atoms with van der Waals surface area (Å²) in [7, 11) is -0.987. The zero-order valence-corrected chi connectivity index (χ0v) is 19.3.